The molecule has 0 fully saturated rings. The highest BCUT2D eigenvalue weighted by Gasteiger charge is 2.14. The monoisotopic (exact) mass is 219 g/mol. The highest BCUT2D eigenvalue weighted by Crippen LogP contribution is 2.33. The summed E-state index contributed by atoms with van der Waals surface area (Å²) in [5, 5.41) is 28.9. The number of nitrogens with one attached hydrogen (secondary N) is 2. The topological polar surface area (TPSA) is 81.2 Å². The maximum absolute atomic E-state index is 9.67. The molecular weight excluding hydrogens is 206 g/mol. The van der Waals surface area contributed by atoms with Gasteiger partial charge in [-0.25, -0.2) is 0 Å². The van der Waals surface area contributed by atoms with Crippen LogP contribution in [0.2, 0.25) is 0 Å². The van der Waals surface area contributed by atoms with Gasteiger partial charge >= 0.3 is 0 Å². The number of phenols is 2. The molecule has 0 amide bonds. The fraction of sp³-hybridized carbons (Fsp3) is 0.182. The fourth-order valence-corrected chi connectivity index (χ4v) is 1.64. The van der Waals surface area contributed by atoms with Crippen molar-refractivity contribution in [1.82, 2.24) is 10.2 Å². The van der Waals surface area contributed by atoms with Crippen LogP contribution >= 0.6 is 0 Å². The Hall–Kier alpha value is -2.17. The number of nitrogens with zero attached hydrogens (tertiary/aromatic N) is 1. The van der Waals surface area contributed by atoms with Crippen molar-refractivity contribution in [2.24, 2.45) is 0 Å². The van der Waals surface area contributed by atoms with Crippen LogP contribution in [-0.4, -0.2) is 20.4 Å². The summed E-state index contributed by atoms with van der Waals surface area (Å²) in [5.74, 6) is 0.145. The average molecular weight is 219 g/mol. The van der Waals surface area contributed by atoms with E-state index in [1.165, 1.54) is 0 Å². The van der Waals surface area contributed by atoms with E-state index in [-0.39, 0.29) is 17.5 Å². The van der Waals surface area contributed by atoms with Gasteiger partial charge < -0.3 is 15.5 Å². The Bertz CT molecular complexity index is 448. The minimum atomic E-state index is -0.209. The number of aromatic amines is 1. The van der Waals surface area contributed by atoms with E-state index in [2.05, 4.69) is 15.5 Å². The van der Waals surface area contributed by atoms with Crippen LogP contribution in [0, 0.1) is 0 Å². The van der Waals surface area contributed by atoms with Crippen LogP contribution in [0.15, 0.2) is 30.6 Å². The van der Waals surface area contributed by atoms with Gasteiger partial charge in [-0.05, 0) is 19.1 Å². The molecule has 84 valence electrons. The van der Waals surface area contributed by atoms with Crippen LogP contribution in [-0.2, 0) is 0 Å². The first-order valence-electron chi connectivity index (χ1n) is 4.94. The molecule has 0 saturated heterocycles. The van der Waals surface area contributed by atoms with E-state index in [1.54, 1.807) is 30.6 Å². The SMILES string of the molecule is CC(Nc1cn[nH]c1)c1c(O)cccc1O. The molecule has 5 heteroatoms. The van der Waals surface area contributed by atoms with Crippen LogP contribution in [0.1, 0.15) is 18.5 Å². The van der Waals surface area contributed by atoms with E-state index in [0.29, 0.717) is 5.56 Å². The Morgan fingerprint density at radius 3 is 2.56 bits per heavy atom. The predicted molar refractivity (Wildman–Crippen MR) is 60.4 cm³/mol. The van der Waals surface area contributed by atoms with Crippen molar-refractivity contribution in [3.8, 4) is 11.5 Å². The van der Waals surface area contributed by atoms with Gasteiger partial charge in [0, 0.05) is 6.20 Å². The molecule has 2 aromatic rings. The van der Waals surface area contributed by atoms with Crippen LogP contribution in [0.5, 0.6) is 11.5 Å². The Morgan fingerprint density at radius 2 is 2.00 bits per heavy atom. The van der Waals surface area contributed by atoms with E-state index >= 15 is 0 Å². The molecule has 0 aliphatic rings. The van der Waals surface area contributed by atoms with E-state index in [4.69, 9.17) is 0 Å². The summed E-state index contributed by atoms with van der Waals surface area (Å²) >= 11 is 0. The smallest absolute Gasteiger partial charge is 0.124 e. The van der Waals surface area contributed by atoms with Crippen molar-refractivity contribution in [3.05, 3.63) is 36.2 Å². The first-order valence-corrected chi connectivity index (χ1v) is 4.94. The predicted octanol–water partition coefficient (Wildman–Crippen LogP) is 1.99. The molecule has 0 spiro atoms. The molecule has 1 aromatic carbocycles. The molecule has 16 heavy (non-hydrogen) atoms. The van der Waals surface area contributed by atoms with Gasteiger partial charge in [-0.1, -0.05) is 6.07 Å². The number of anilines is 1. The van der Waals surface area contributed by atoms with Gasteiger partial charge in [-0.2, -0.15) is 5.10 Å². The van der Waals surface area contributed by atoms with Crippen molar-refractivity contribution in [2.75, 3.05) is 5.32 Å². The number of H-pyrrole nitrogens is 1. The fourth-order valence-electron chi connectivity index (χ4n) is 1.64. The maximum Gasteiger partial charge on any atom is 0.124 e. The standard InChI is InChI=1S/C11H13N3O2/c1-7(14-8-5-12-13-6-8)11-9(15)3-2-4-10(11)16/h2-7,14-16H,1H3,(H,12,13). The van der Waals surface area contributed by atoms with E-state index in [9.17, 15) is 10.2 Å². The van der Waals surface area contributed by atoms with Crippen molar-refractivity contribution >= 4 is 5.69 Å². The molecule has 0 aliphatic heterocycles. The number of phenolic OH excluding ortho intramolecular Hbond substituents is 2. The van der Waals surface area contributed by atoms with Crippen LogP contribution in [0.3, 0.4) is 0 Å². The summed E-state index contributed by atoms with van der Waals surface area (Å²) in [4.78, 5) is 0. The minimum absolute atomic E-state index is 0.0727. The van der Waals surface area contributed by atoms with Crippen molar-refractivity contribution < 1.29 is 10.2 Å². The molecule has 0 saturated carbocycles. The average Bonchev–Trinajstić information content (AvgIpc) is 2.70. The summed E-state index contributed by atoms with van der Waals surface area (Å²) in [6.07, 6.45) is 3.33. The molecule has 0 bridgehead atoms. The molecule has 1 unspecified atom stereocenters. The molecule has 0 aliphatic carbocycles. The molecule has 5 nitrogen and oxygen atoms in total. The second-order valence-electron chi connectivity index (χ2n) is 3.56. The number of hydrogen-bond donors (Lipinski definition) is 4. The van der Waals surface area contributed by atoms with E-state index < -0.39 is 0 Å². The maximum atomic E-state index is 9.67. The first-order chi connectivity index (χ1) is 7.68. The third-order valence-corrected chi connectivity index (χ3v) is 2.37. The van der Waals surface area contributed by atoms with Gasteiger partial charge in [-0.3, -0.25) is 5.10 Å². The zero-order valence-electron chi connectivity index (χ0n) is 8.81. The molecule has 0 radical (unpaired) electrons. The highest BCUT2D eigenvalue weighted by atomic mass is 16.3. The minimum Gasteiger partial charge on any atom is -0.507 e. The lowest BCUT2D eigenvalue weighted by atomic mass is 10.1. The summed E-state index contributed by atoms with van der Waals surface area (Å²) in [7, 11) is 0. The van der Waals surface area contributed by atoms with Crippen LogP contribution in [0.4, 0.5) is 5.69 Å². The number of rotatable bonds is 3. The quantitative estimate of drug-likeness (QED) is 0.636. The third-order valence-electron chi connectivity index (χ3n) is 2.37. The van der Waals surface area contributed by atoms with Crippen LogP contribution in [0.25, 0.3) is 0 Å². The number of aromatic nitrogens is 2. The van der Waals surface area contributed by atoms with Gasteiger partial charge in [0.1, 0.15) is 11.5 Å². The third kappa shape index (κ3) is 1.93. The van der Waals surface area contributed by atoms with Crippen molar-refractivity contribution in [3.63, 3.8) is 0 Å². The lowest BCUT2D eigenvalue weighted by molar-refractivity contribution is 0.434. The van der Waals surface area contributed by atoms with E-state index in [1.807, 2.05) is 6.92 Å². The highest BCUT2D eigenvalue weighted by molar-refractivity contribution is 5.49. The summed E-state index contributed by atoms with van der Waals surface area (Å²) in [6.45, 7) is 1.85. The Morgan fingerprint density at radius 1 is 1.31 bits per heavy atom. The molecule has 2 rings (SSSR count). The Balaban J connectivity index is 2.24. The molecule has 4 N–H and O–H groups in total. The second kappa shape index (κ2) is 4.14. The number of hydrogen-bond acceptors (Lipinski definition) is 4. The Kier molecular flexibility index (Phi) is 2.68. The zero-order valence-corrected chi connectivity index (χ0v) is 8.81. The first kappa shape index (κ1) is 10.4. The number of benzene rings is 1. The molecule has 1 heterocycles. The second-order valence-corrected chi connectivity index (χ2v) is 3.56. The Labute approximate surface area is 92.8 Å². The van der Waals surface area contributed by atoms with Gasteiger partial charge in [-0.15, -0.1) is 0 Å². The van der Waals surface area contributed by atoms with Crippen molar-refractivity contribution in [2.45, 2.75) is 13.0 Å². The van der Waals surface area contributed by atoms with Gasteiger partial charge in [0.15, 0.2) is 0 Å². The summed E-state index contributed by atoms with van der Waals surface area (Å²) in [6, 6.07) is 4.48. The lowest BCUT2D eigenvalue weighted by Gasteiger charge is -2.16. The normalized spacial score (nSPS) is 12.3. The summed E-state index contributed by atoms with van der Waals surface area (Å²) < 4.78 is 0. The van der Waals surface area contributed by atoms with Gasteiger partial charge in [0.2, 0.25) is 0 Å². The van der Waals surface area contributed by atoms with E-state index in [0.717, 1.165) is 5.69 Å². The molecular formula is C11H13N3O2. The molecule has 1 atom stereocenters. The van der Waals surface area contributed by atoms with Crippen molar-refractivity contribution in [1.29, 1.82) is 0 Å². The van der Waals surface area contributed by atoms with Gasteiger partial charge in [0.25, 0.3) is 0 Å². The molecule has 1 aromatic heterocycles. The summed E-state index contributed by atoms with van der Waals surface area (Å²) in [5.41, 5.74) is 1.28. The zero-order chi connectivity index (χ0) is 11.5. The van der Waals surface area contributed by atoms with Gasteiger partial charge in [0.05, 0.1) is 23.5 Å². The number of aromatic hydroxyl groups is 2. The lowest BCUT2D eigenvalue weighted by Crippen LogP contribution is -2.06. The van der Waals surface area contributed by atoms with Crippen LogP contribution < -0.4 is 5.32 Å². The largest absolute Gasteiger partial charge is 0.507 e.